The lowest BCUT2D eigenvalue weighted by atomic mass is 9.68. The van der Waals surface area contributed by atoms with Gasteiger partial charge in [0.25, 0.3) is 0 Å². The molecule has 0 amide bonds. The Bertz CT molecular complexity index is 171. The van der Waals surface area contributed by atoms with Crippen molar-refractivity contribution >= 4 is 0 Å². The number of nitrogens with two attached hydrogens (primary N) is 1. The van der Waals surface area contributed by atoms with E-state index in [-0.39, 0.29) is 5.54 Å². The van der Waals surface area contributed by atoms with Crippen molar-refractivity contribution in [2.24, 2.45) is 17.6 Å². The molecule has 2 heteroatoms. The summed E-state index contributed by atoms with van der Waals surface area (Å²) in [5.74, 6) is 1.42. The fourth-order valence-corrected chi connectivity index (χ4v) is 2.80. The quantitative estimate of drug-likeness (QED) is 0.634. The van der Waals surface area contributed by atoms with E-state index >= 15 is 0 Å². The summed E-state index contributed by atoms with van der Waals surface area (Å²) in [6, 6.07) is 0. The van der Waals surface area contributed by atoms with Crippen LogP contribution in [0, 0.1) is 11.8 Å². The maximum atomic E-state index is 6.45. The van der Waals surface area contributed by atoms with Crippen molar-refractivity contribution in [3.63, 3.8) is 0 Å². The molecular weight excluding hydrogens is 148 g/mol. The van der Waals surface area contributed by atoms with E-state index in [1.54, 1.807) is 0 Å². The summed E-state index contributed by atoms with van der Waals surface area (Å²) in [4.78, 5) is 2.53. The summed E-state index contributed by atoms with van der Waals surface area (Å²) < 4.78 is 0. The molecule has 0 unspecified atom stereocenters. The van der Waals surface area contributed by atoms with Gasteiger partial charge in [-0.05, 0) is 37.8 Å². The maximum absolute atomic E-state index is 6.45. The molecule has 0 aliphatic carbocycles. The lowest BCUT2D eigenvalue weighted by Gasteiger charge is -2.53. The summed E-state index contributed by atoms with van der Waals surface area (Å²) in [5.41, 5.74) is 6.57. The van der Waals surface area contributed by atoms with Gasteiger partial charge in [0.1, 0.15) is 0 Å². The summed E-state index contributed by atoms with van der Waals surface area (Å²) >= 11 is 0. The van der Waals surface area contributed by atoms with Crippen LogP contribution in [0.15, 0.2) is 0 Å². The summed E-state index contributed by atoms with van der Waals surface area (Å²) in [6.07, 6.45) is 2.66. The molecule has 3 saturated heterocycles. The highest BCUT2D eigenvalue weighted by atomic mass is 15.2. The monoisotopic (exact) mass is 168 g/mol. The van der Waals surface area contributed by atoms with Gasteiger partial charge in [-0.1, -0.05) is 13.8 Å². The van der Waals surface area contributed by atoms with E-state index in [1.807, 2.05) is 0 Å². The molecule has 3 rings (SSSR count). The second kappa shape index (κ2) is 2.71. The minimum absolute atomic E-state index is 0.122. The molecule has 2 bridgehead atoms. The smallest absolute Gasteiger partial charge is 0.0336 e. The van der Waals surface area contributed by atoms with Crippen LogP contribution < -0.4 is 5.73 Å². The van der Waals surface area contributed by atoms with Crippen LogP contribution in [0.3, 0.4) is 0 Å². The largest absolute Gasteiger partial charge is 0.324 e. The first-order valence-electron chi connectivity index (χ1n) is 5.14. The molecule has 3 heterocycles. The van der Waals surface area contributed by atoms with Crippen molar-refractivity contribution in [1.29, 1.82) is 0 Å². The summed E-state index contributed by atoms with van der Waals surface area (Å²) in [6.45, 7) is 8.24. The van der Waals surface area contributed by atoms with Gasteiger partial charge in [0.15, 0.2) is 0 Å². The lowest BCUT2D eigenvalue weighted by Crippen LogP contribution is -2.66. The van der Waals surface area contributed by atoms with Crippen LogP contribution in [-0.4, -0.2) is 30.1 Å². The van der Waals surface area contributed by atoms with Crippen LogP contribution in [0.1, 0.15) is 26.7 Å². The second-order valence-corrected chi connectivity index (χ2v) is 4.82. The van der Waals surface area contributed by atoms with Crippen molar-refractivity contribution in [3.8, 4) is 0 Å². The van der Waals surface area contributed by atoms with Gasteiger partial charge in [-0.25, -0.2) is 0 Å². The normalized spacial score (nSPS) is 47.0. The Morgan fingerprint density at radius 1 is 1.33 bits per heavy atom. The third-order valence-corrected chi connectivity index (χ3v) is 3.92. The van der Waals surface area contributed by atoms with Crippen molar-refractivity contribution < 1.29 is 0 Å². The molecule has 0 aromatic heterocycles. The first-order chi connectivity index (χ1) is 5.63. The Kier molecular flexibility index (Phi) is 1.92. The summed E-state index contributed by atoms with van der Waals surface area (Å²) in [5, 5.41) is 0. The maximum Gasteiger partial charge on any atom is 0.0336 e. The molecule has 1 atom stereocenters. The fraction of sp³-hybridized carbons (Fsp3) is 1.00. The molecule has 70 valence electrons. The topological polar surface area (TPSA) is 29.3 Å². The minimum Gasteiger partial charge on any atom is -0.324 e. The molecule has 0 radical (unpaired) electrons. The van der Waals surface area contributed by atoms with Crippen LogP contribution in [0.4, 0.5) is 0 Å². The number of piperidine rings is 3. The van der Waals surface area contributed by atoms with Crippen molar-refractivity contribution in [2.45, 2.75) is 32.2 Å². The van der Waals surface area contributed by atoms with Crippen LogP contribution >= 0.6 is 0 Å². The zero-order valence-corrected chi connectivity index (χ0v) is 8.21. The van der Waals surface area contributed by atoms with E-state index in [4.69, 9.17) is 5.73 Å². The van der Waals surface area contributed by atoms with Crippen molar-refractivity contribution in [2.75, 3.05) is 19.6 Å². The van der Waals surface area contributed by atoms with Gasteiger partial charge in [-0.15, -0.1) is 0 Å². The standard InChI is InChI=1S/C10H20N2/c1-8(2)10(11)7-12-5-3-9(10)4-6-12/h8-9H,3-7,11H2,1-2H3/t10-/m1/s1. The SMILES string of the molecule is CC(C)[C@]1(N)CN2CCC1CC2. The van der Waals surface area contributed by atoms with Gasteiger partial charge in [-0.2, -0.15) is 0 Å². The Balaban J connectivity index is 2.17. The summed E-state index contributed by atoms with van der Waals surface area (Å²) in [7, 11) is 0. The van der Waals surface area contributed by atoms with Crippen molar-refractivity contribution in [1.82, 2.24) is 4.90 Å². The number of hydrogen-bond donors (Lipinski definition) is 1. The van der Waals surface area contributed by atoms with Gasteiger partial charge >= 0.3 is 0 Å². The Hall–Kier alpha value is -0.0800. The highest BCUT2D eigenvalue weighted by molar-refractivity contribution is 5.03. The van der Waals surface area contributed by atoms with E-state index in [2.05, 4.69) is 18.7 Å². The highest BCUT2D eigenvalue weighted by Crippen LogP contribution is 2.38. The first-order valence-corrected chi connectivity index (χ1v) is 5.14. The zero-order chi connectivity index (χ0) is 8.77. The Morgan fingerprint density at radius 2 is 1.92 bits per heavy atom. The molecule has 2 nitrogen and oxygen atoms in total. The van der Waals surface area contributed by atoms with Gasteiger partial charge in [0.2, 0.25) is 0 Å². The minimum atomic E-state index is 0.122. The van der Waals surface area contributed by atoms with Crippen LogP contribution in [0.25, 0.3) is 0 Å². The molecule has 0 saturated carbocycles. The van der Waals surface area contributed by atoms with E-state index in [0.717, 1.165) is 12.5 Å². The van der Waals surface area contributed by atoms with Gasteiger partial charge in [0, 0.05) is 12.1 Å². The third-order valence-electron chi connectivity index (χ3n) is 3.92. The van der Waals surface area contributed by atoms with Gasteiger partial charge in [-0.3, -0.25) is 0 Å². The molecule has 12 heavy (non-hydrogen) atoms. The molecule has 0 aromatic carbocycles. The number of rotatable bonds is 1. The number of nitrogens with zero attached hydrogens (tertiary/aromatic N) is 1. The molecule has 2 N–H and O–H groups in total. The van der Waals surface area contributed by atoms with E-state index < -0.39 is 0 Å². The lowest BCUT2D eigenvalue weighted by molar-refractivity contribution is 0.00363. The number of fused-ring (bicyclic) bond motifs is 3. The van der Waals surface area contributed by atoms with Gasteiger partial charge < -0.3 is 10.6 Å². The van der Waals surface area contributed by atoms with Crippen LogP contribution in [-0.2, 0) is 0 Å². The van der Waals surface area contributed by atoms with Crippen LogP contribution in [0.5, 0.6) is 0 Å². The average Bonchev–Trinajstić information content (AvgIpc) is 2.05. The molecule has 3 fully saturated rings. The predicted octanol–water partition coefficient (Wildman–Crippen LogP) is 1.07. The molecule has 0 aromatic rings. The van der Waals surface area contributed by atoms with E-state index in [9.17, 15) is 0 Å². The van der Waals surface area contributed by atoms with E-state index in [0.29, 0.717) is 5.92 Å². The zero-order valence-electron chi connectivity index (χ0n) is 8.21. The molecule has 3 aliphatic heterocycles. The van der Waals surface area contributed by atoms with E-state index in [1.165, 1.54) is 25.9 Å². The second-order valence-electron chi connectivity index (χ2n) is 4.82. The Morgan fingerprint density at radius 3 is 2.17 bits per heavy atom. The average molecular weight is 168 g/mol. The first kappa shape index (κ1) is 8.52. The molecular formula is C10H20N2. The number of hydrogen-bond acceptors (Lipinski definition) is 2. The molecule has 3 aliphatic rings. The van der Waals surface area contributed by atoms with Crippen molar-refractivity contribution in [3.05, 3.63) is 0 Å². The van der Waals surface area contributed by atoms with Gasteiger partial charge in [0.05, 0.1) is 0 Å². The Labute approximate surface area is 75.1 Å². The predicted molar refractivity (Wildman–Crippen MR) is 50.9 cm³/mol. The highest BCUT2D eigenvalue weighted by Gasteiger charge is 2.45. The third kappa shape index (κ3) is 1.09. The van der Waals surface area contributed by atoms with Crippen LogP contribution in [0.2, 0.25) is 0 Å². The molecule has 0 spiro atoms. The fourth-order valence-electron chi connectivity index (χ4n) is 2.80.